The van der Waals surface area contributed by atoms with Crippen LogP contribution in [0, 0.1) is 24.4 Å². The Morgan fingerprint density at radius 3 is 2.41 bits per heavy atom. The number of rotatable bonds is 7. The van der Waals surface area contributed by atoms with E-state index in [0.29, 0.717) is 22.6 Å². The van der Waals surface area contributed by atoms with Gasteiger partial charge in [-0.3, -0.25) is 0 Å². The number of aromatic nitrogens is 1. The van der Waals surface area contributed by atoms with Crippen LogP contribution >= 0.6 is 0 Å². The fourth-order valence-electron chi connectivity index (χ4n) is 3.72. The Bertz CT molecular complexity index is 1380. The van der Waals surface area contributed by atoms with Gasteiger partial charge in [-0.05, 0) is 67.6 Å². The zero-order valence-corrected chi connectivity index (χ0v) is 18.4. The molecule has 0 bridgehead atoms. The molecule has 1 aromatic heterocycles. The predicted molar refractivity (Wildman–Crippen MR) is 123 cm³/mol. The molecule has 2 N–H and O–H groups in total. The summed E-state index contributed by atoms with van der Waals surface area (Å²) >= 11 is 0. The molecule has 0 saturated heterocycles. The average molecular weight is 466 g/mol. The molecule has 0 fully saturated rings. The van der Waals surface area contributed by atoms with Crippen LogP contribution in [0.5, 0.6) is 5.75 Å². The summed E-state index contributed by atoms with van der Waals surface area (Å²) in [4.78, 5) is 11.6. The number of hydrogen-bond acceptors (Lipinski definition) is 3. The van der Waals surface area contributed by atoms with Crippen molar-refractivity contribution in [2.24, 2.45) is 0 Å². The second-order valence-corrected chi connectivity index (χ2v) is 7.68. The van der Waals surface area contributed by atoms with Gasteiger partial charge in [0.25, 0.3) is 0 Å². The number of carboxylic acid groups (broad SMARTS) is 1. The van der Waals surface area contributed by atoms with Gasteiger partial charge in [0.2, 0.25) is 0 Å². The minimum atomic E-state index is -1.08. The highest BCUT2D eigenvalue weighted by Gasteiger charge is 2.18. The van der Waals surface area contributed by atoms with Crippen molar-refractivity contribution in [3.8, 4) is 22.7 Å². The van der Waals surface area contributed by atoms with Crippen LogP contribution in [0.2, 0.25) is 0 Å². The van der Waals surface area contributed by atoms with Crippen molar-refractivity contribution in [1.82, 2.24) is 4.57 Å². The Balaban J connectivity index is 1.79. The van der Waals surface area contributed by atoms with Crippen LogP contribution in [0.25, 0.3) is 16.9 Å². The van der Waals surface area contributed by atoms with Gasteiger partial charge in [-0.25, -0.2) is 18.0 Å². The fourth-order valence-corrected chi connectivity index (χ4v) is 3.72. The molecule has 3 aromatic carbocycles. The summed E-state index contributed by atoms with van der Waals surface area (Å²) in [5.74, 6) is -2.74. The number of nitrogens with one attached hydrogen (secondary N) is 1. The van der Waals surface area contributed by atoms with Gasteiger partial charge < -0.3 is 19.7 Å². The normalized spacial score (nSPS) is 10.9. The summed E-state index contributed by atoms with van der Waals surface area (Å²) < 4.78 is 49.2. The van der Waals surface area contributed by atoms with Crippen LogP contribution in [0.15, 0.2) is 66.7 Å². The topological polar surface area (TPSA) is 63.5 Å². The van der Waals surface area contributed by atoms with E-state index in [1.165, 1.54) is 36.4 Å². The minimum absolute atomic E-state index is 0.0865. The fraction of sp³-hybridized carbons (Fsp3) is 0.115. The van der Waals surface area contributed by atoms with E-state index in [4.69, 9.17) is 4.74 Å². The van der Waals surface area contributed by atoms with E-state index >= 15 is 0 Å². The molecule has 0 atom stereocenters. The predicted octanol–water partition coefficient (Wildman–Crippen LogP) is 6.19. The van der Waals surface area contributed by atoms with Crippen molar-refractivity contribution in [2.45, 2.75) is 13.5 Å². The Morgan fingerprint density at radius 2 is 1.71 bits per heavy atom. The van der Waals surface area contributed by atoms with Gasteiger partial charge in [-0.15, -0.1) is 0 Å². The molecule has 0 unspecified atom stereocenters. The molecule has 0 spiro atoms. The van der Waals surface area contributed by atoms with Crippen LogP contribution in [-0.4, -0.2) is 22.7 Å². The van der Waals surface area contributed by atoms with E-state index in [1.807, 2.05) is 13.0 Å². The van der Waals surface area contributed by atoms with E-state index in [9.17, 15) is 23.1 Å². The van der Waals surface area contributed by atoms with Gasteiger partial charge in [-0.1, -0.05) is 0 Å². The van der Waals surface area contributed by atoms with Crippen LogP contribution in [0.3, 0.4) is 0 Å². The molecular weight excluding hydrogens is 445 g/mol. The summed E-state index contributed by atoms with van der Waals surface area (Å²) in [7, 11) is 1.68. The van der Waals surface area contributed by atoms with E-state index < -0.39 is 23.4 Å². The van der Waals surface area contributed by atoms with Crippen molar-refractivity contribution >= 4 is 11.7 Å². The Morgan fingerprint density at radius 1 is 0.971 bits per heavy atom. The van der Waals surface area contributed by atoms with Crippen molar-refractivity contribution in [3.63, 3.8) is 0 Å². The van der Waals surface area contributed by atoms with Crippen molar-refractivity contribution in [2.75, 3.05) is 12.4 Å². The number of halogens is 3. The first kappa shape index (κ1) is 23.0. The van der Waals surface area contributed by atoms with Crippen molar-refractivity contribution in [1.29, 1.82) is 0 Å². The Labute approximate surface area is 194 Å². The minimum Gasteiger partial charge on any atom is -0.488 e. The first-order valence-electron chi connectivity index (χ1n) is 10.4. The molecule has 0 radical (unpaired) electrons. The average Bonchev–Trinajstić information content (AvgIpc) is 3.20. The molecule has 4 rings (SSSR count). The largest absolute Gasteiger partial charge is 0.488 e. The first-order chi connectivity index (χ1) is 16.3. The molecule has 0 aliphatic rings. The number of carbonyl (C=O) groups is 1. The number of aromatic carboxylic acids is 1. The number of ether oxygens (including phenoxy) is 1. The van der Waals surface area contributed by atoms with Gasteiger partial charge in [0.15, 0.2) is 0 Å². The third kappa shape index (κ3) is 4.61. The number of aryl methyl sites for hydroxylation is 1. The summed E-state index contributed by atoms with van der Waals surface area (Å²) in [6.07, 6.45) is 0. The molecule has 0 saturated carbocycles. The Hall–Kier alpha value is -4.20. The number of carboxylic acids is 1. The van der Waals surface area contributed by atoms with E-state index in [1.54, 1.807) is 23.7 Å². The third-order valence-electron chi connectivity index (χ3n) is 5.40. The summed E-state index contributed by atoms with van der Waals surface area (Å²) in [5.41, 5.74) is 3.11. The standard InChI is InChI=1S/C26H21F3N2O3/c1-15-3-7-24(31(15)21-10-17(26(32)33)9-20(13-21)30-2)22-11-18(27)6-8-25(22)34-14-16-4-5-19(28)12-23(16)29/h3-13,30H,14H2,1-2H3,(H,32,33). The Kier molecular flexibility index (Phi) is 6.32. The van der Waals surface area contributed by atoms with Crippen LogP contribution in [-0.2, 0) is 6.61 Å². The smallest absolute Gasteiger partial charge is 0.335 e. The maximum Gasteiger partial charge on any atom is 0.335 e. The molecule has 0 aliphatic carbocycles. The molecule has 5 nitrogen and oxygen atoms in total. The zero-order chi connectivity index (χ0) is 24.4. The summed E-state index contributed by atoms with van der Waals surface area (Å²) in [5, 5.41) is 12.5. The van der Waals surface area contributed by atoms with Gasteiger partial charge in [0.1, 0.15) is 29.8 Å². The monoisotopic (exact) mass is 466 g/mol. The van der Waals surface area contributed by atoms with Gasteiger partial charge >= 0.3 is 5.97 Å². The third-order valence-corrected chi connectivity index (χ3v) is 5.40. The lowest BCUT2D eigenvalue weighted by Gasteiger charge is -2.17. The second-order valence-electron chi connectivity index (χ2n) is 7.68. The van der Waals surface area contributed by atoms with Gasteiger partial charge in [0.05, 0.1) is 11.3 Å². The highest BCUT2D eigenvalue weighted by Crippen LogP contribution is 2.35. The molecular formula is C26H21F3N2O3. The number of nitrogens with zero attached hydrogens (tertiary/aromatic N) is 1. The number of hydrogen-bond donors (Lipinski definition) is 2. The quantitative estimate of drug-likeness (QED) is 0.341. The molecule has 0 aliphatic heterocycles. The lowest BCUT2D eigenvalue weighted by Crippen LogP contribution is -2.06. The highest BCUT2D eigenvalue weighted by molar-refractivity contribution is 5.90. The lowest BCUT2D eigenvalue weighted by molar-refractivity contribution is 0.0697. The molecule has 34 heavy (non-hydrogen) atoms. The zero-order valence-electron chi connectivity index (χ0n) is 18.4. The molecule has 4 aromatic rings. The van der Waals surface area contributed by atoms with E-state index in [2.05, 4.69) is 5.32 Å². The highest BCUT2D eigenvalue weighted by atomic mass is 19.1. The van der Waals surface area contributed by atoms with Crippen molar-refractivity contribution in [3.05, 3.63) is 101 Å². The summed E-state index contributed by atoms with van der Waals surface area (Å²) in [6, 6.07) is 15.5. The maximum absolute atomic E-state index is 14.3. The van der Waals surface area contributed by atoms with Crippen LogP contribution in [0.1, 0.15) is 21.6 Å². The maximum atomic E-state index is 14.3. The number of benzene rings is 3. The van der Waals surface area contributed by atoms with E-state index in [-0.39, 0.29) is 23.5 Å². The van der Waals surface area contributed by atoms with Crippen molar-refractivity contribution < 1.29 is 27.8 Å². The van der Waals surface area contributed by atoms with Crippen LogP contribution < -0.4 is 10.1 Å². The second kappa shape index (κ2) is 9.35. The van der Waals surface area contributed by atoms with E-state index in [0.717, 1.165) is 17.8 Å². The molecule has 174 valence electrons. The molecule has 8 heteroatoms. The number of anilines is 1. The lowest BCUT2D eigenvalue weighted by atomic mass is 10.1. The molecule has 0 amide bonds. The van der Waals surface area contributed by atoms with Gasteiger partial charge in [0, 0.05) is 41.3 Å². The molecule has 1 heterocycles. The SMILES string of the molecule is CNc1cc(C(=O)O)cc(-n2c(C)ccc2-c2cc(F)ccc2OCc2ccc(F)cc2F)c1. The first-order valence-corrected chi connectivity index (χ1v) is 10.4. The van der Waals surface area contributed by atoms with Gasteiger partial charge in [-0.2, -0.15) is 0 Å². The van der Waals surface area contributed by atoms with Crippen LogP contribution in [0.4, 0.5) is 18.9 Å². The summed E-state index contributed by atoms with van der Waals surface area (Å²) in [6.45, 7) is 1.65.